The van der Waals surface area contributed by atoms with E-state index in [2.05, 4.69) is 12.3 Å². The molecule has 3 atom stereocenters. The van der Waals surface area contributed by atoms with Crippen molar-refractivity contribution in [2.45, 2.75) is 29.9 Å². The van der Waals surface area contributed by atoms with Crippen molar-refractivity contribution in [3.8, 4) is 0 Å². The molecule has 1 fully saturated rings. The third-order valence-electron chi connectivity index (χ3n) is 3.30. The quantitative estimate of drug-likeness (QED) is 0.660. The number of halogens is 2. The highest BCUT2D eigenvalue weighted by Gasteiger charge is 2.30. The fraction of sp³-hybridized carbons (Fsp3) is 0.538. The molecule has 0 saturated carbocycles. The van der Waals surface area contributed by atoms with Crippen molar-refractivity contribution in [2.24, 2.45) is 5.84 Å². The van der Waals surface area contributed by atoms with Gasteiger partial charge in [0.05, 0.1) is 0 Å². The summed E-state index contributed by atoms with van der Waals surface area (Å²) < 4.78 is 13.1. The molecular weight excluding hydrogens is 303 g/mol. The molecule has 0 aromatic heterocycles. The first-order chi connectivity index (χ1) is 9.11. The molecule has 0 bridgehead atoms. The average Bonchev–Trinajstić information content (AvgIpc) is 2.39. The molecule has 3 N–H and O–H groups in total. The third-order valence-corrected chi connectivity index (χ3v) is 6.91. The highest BCUT2D eigenvalue weighted by Crippen LogP contribution is 2.34. The number of nitrogens with two attached hydrogens (primary N) is 1. The average molecular weight is 321 g/mol. The summed E-state index contributed by atoms with van der Waals surface area (Å²) >= 11 is 10.0. The van der Waals surface area contributed by atoms with Crippen molar-refractivity contribution in [3.63, 3.8) is 0 Å². The number of hydrogen-bond acceptors (Lipinski definition) is 4. The van der Waals surface area contributed by atoms with Crippen LogP contribution >= 0.6 is 35.1 Å². The SMILES string of the molecule is CC1SCCSC1C(Cc1ccc(F)cc1Cl)NN. The molecule has 2 rings (SSSR count). The monoisotopic (exact) mass is 320 g/mol. The van der Waals surface area contributed by atoms with Gasteiger partial charge in [-0.15, -0.1) is 0 Å². The van der Waals surface area contributed by atoms with E-state index in [1.54, 1.807) is 6.07 Å². The van der Waals surface area contributed by atoms with Gasteiger partial charge in [-0.05, 0) is 24.1 Å². The molecule has 1 heterocycles. The minimum atomic E-state index is -0.304. The Morgan fingerprint density at radius 1 is 1.47 bits per heavy atom. The van der Waals surface area contributed by atoms with Gasteiger partial charge in [-0.25, -0.2) is 4.39 Å². The van der Waals surface area contributed by atoms with Crippen LogP contribution in [0.15, 0.2) is 18.2 Å². The van der Waals surface area contributed by atoms with Crippen molar-refractivity contribution in [3.05, 3.63) is 34.6 Å². The molecule has 1 aliphatic rings. The number of thioether (sulfide) groups is 2. The Bertz CT molecular complexity index is 433. The maximum atomic E-state index is 13.1. The van der Waals surface area contributed by atoms with Crippen LogP contribution in [0.3, 0.4) is 0 Å². The van der Waals surface area contributed by atoms with E-state index >= 15 is 0 Å². The fourth-order valence-corrected chi connectivity index (χ4v) is 5.47. The van der Waals surface area contributed by atoms with E-state index in [0.29, 0.717) is 15.5 Å². The van der Waals surface area contributed by atoms with Crippen molar-refractivity contribution in [1.29, 1.82) is 0 Å². The van der Waals surface area contributed by atoms with Crippen molar-refractivity contribution in [2.75, 3.05) is 11.5 Å². The van der Waals surface area contributed by atoms with Gasteiger partial charge in [-0.3, -0.25) is 11.3 Å². The van der Waals surface area contributed by atoms with Crippen LogP contribution in [-0.4, -0.2) is 28.0 Å². The minimum absolute atomic E-state index is 0.149. The molecule has 0 spiro atoms. The summed E-state index contributed by atoms with van der Waals surface area (Å²) in [5.74, 6) is 7.74. The van der Waals surface area contributed by atoms with Crippen molar-refractivity contribution in [1.82, 2.24) is 5.43 Å². The normalized spacial score (nSPS) is 25.3. The molecule has 0 aliphatic carbocycles. The summed E-state index contributed by atoms with van der Waals surface area (Å²) in [6.45, 7) is 2.23. The van der Waals surface area contributed by atoms with Gasteiger partial charge in [0.25, 0.3) is 0 Å². The largest absolute Gasteiger partial charge is 0.271 e. The van der Waals surface area contributed by atoms with Gasteiger partial charge in [0.15, 0.2) is 0 Å². The van der Waals surface area contributed by atoms with E-state index in [1.165, 1.54) is 17.9 Å². The van der Waals surface area contributed by atoms with Gasteiger partial charge < -0.3 is 0 Å². The minimum Gasteiger partial charge on any atom is -0.271 e. The first kappa shape index (κ1) is 15.4. The van der Waals surface area contributed by atoms with Gasteiger partial charge in [0.1, 0.15) is 5.82 Å². The highest BCUT2D eigenvalue weighted by atomic mass is 35.5. The van der Waals surface area contributed by atoms with Crippen LogP contribution in [0.4, 0.5) is 4.39 Å². The molecule has 106 valence electrons. The number of rotatable bonds is 4. The maximum absolute atomic E-state index is 13.1. The Morgan fingerprint density at radius 2 is 2.21 bits per heavy atom. The zero-order chi connectivity index (χ0) is 13.8. The van der Waals surface area contributed by atoms with E-state index in [-0.39, 0.29) is 11.9 Å². The molecule has 19 heavy (non-hydrogen) atoms. The summed E-state index contributed by atoms with van der Waals surface area (Å²) in [6.07, 6.45) is 0.720. The summed E-state index contributed by atoms with van der Waals surface area (Å²) in [5.41, 5.74) is 3.85. The Balaban J connectivity index is 2.09. The zero-order valence-electron chi connectivity index (χ0n) is 10.7. The number of nitrogens with one attached hydrogen (secondary N) is 1. The summed E-state index contributed by atoms with van der Waals surface area (Å²) in [5, 5.41) is 1.48. The van der Waals surface area contributed by atoms with Gasteiger partial charge in [-0.1, -0.05) is 24.6 Å². The van der Waals surface area contributed by atoms with E-state index in [0.717, 1.165) is 17.7 Å². The standard InChI is InChI=1S/C13H18ClFN2S2/c1-8-13(19-5-4-18-8)12(17-16)6-9-2-3-10(15)7-11(9)14/h2-3,7-8,12-13,17H,4-6,16H2,1H3. The van der Waals surface area contributed by atoms with Gasteiger partial charge in [-0.2, -0.15) is 23.5 Å². The van der Waals surface area contributed by atoms with E-state index in [4.69, 9.17) is 17.4 Å². The van der Waals surface area contributed by atoms with Crippen LogP contribution in [0.1, 0.15) is 12.5 Å². The van der Waals surface area contributed by atoms with Crippen LogP contribution in [0, 0.1) is 5.82 Å². The molecule has 0 radical (unpaired) electrons. The fourth-order valence-electron chi connectivity index (χ4n) is 2.29. The number of hydrazine groups is 1. The predicted octanol–water partition coefficient (Wildman–Crippen LogP) is 3.09. The third kappa shape index (κ3) is 4.02. The van der Waals surface area contributed by atoms with Crippen LogP contribution in [0.2, 0.25) is 5.02 Å². The van der Waals surface area contributed by atoms with E-state index < -0.39 is 0 Å². The second kappa shape index (κ2) is 7.18. The molecule has 1 saturated heterocycles. The number of benzene rings is 1. The Morgan fingerprint density at radius 3 is 2.84 bits per heavy atom. The van der Waals surface area contributed by atoms with Crippen LogP contribution in [-0.2, 0) is 6.42 Å². The topological polar surface area (TPSA) is 38.0 Å². The van der Waals surface area contributed by atoms with E-state index in [9.17, 15) is 4.39 Å². The smallest absolute Gasteiger partial charge is 0.124 e. The molecule has 6 heteroatoms. The molecule has 0 amide bonds. The molecule has 3 unspecified atom stereocenters. The highest BCUT2D eigenvalue weighted by molar-refractivity contribution is 8.07. The Labute approximate surface area is 127 Å². The van der Waals surface area contributed by atoms with Crippen LogP contribution < -0.4 is 11.3 Å². The summed E-state index contributed by atoms with van der Waals surface area (Å²) in [6, 6.07) is 4.70. The summed E-state index contributed by atoms with van der Waals surface area (Å²) in [4.78, 5) is 0. The lowest BCUT2D eigenvalue weighted by Gasteiger charge is -2.34. The maximum Gasteiger partial charge on any atom is 0.124 e. The first-order valence-corrected chi connectivity index (χ1v) is 8.72. The molecule has 1 aromatic rings. The zero-order valence-corrected chi connectivity index (χ0v) is 13.1. The van der Waals surface area contributed by atoms with E-state index in [1.807, 2.05) is 23.5 Å². The Hall–Kier alpha value is 0.0600. The number of hydrogen-bond donors (Lipinski definition) is 2. The lowest BCUT2D eigenvalue weighted by atomic mass is 10.0. The summed E-state index contributed by atoms with van der Waals surface area (Å²) in [7, 11) is 0. The van der Waals surface area contributed by atoms with Gasteiger partial charge >= 0.3 is 0 Å². The lowest BCUT2D eigenvalue weighted by molar-refractivity contribution is 0.501. The second-order valence-corrected chi connectivity index (χ2v) is 7.80. The second-order valence-electron chi connectivity index (χ2n) is 4.62. The first-order valence-electron chi connectivity index (χ1n) is 6.25. The van der Waals surface area contributed by atoms with Crippen molar-refractivity contribution < 1.29 is 4.39 Å². The molecular formula is C13H18ClFN2S2. The Kier molecular flexibility index (Phi) is 5.84. The lowest BCUT2D eigenvalue weighted by Crippen LogP contribution is -2.48. The van der Waals surface area contributed by atoms with Crippen molar-refractivity contribution >= 4 is 35.1 Å². The molecule has 1 aromatic carbocycles. The van der Waals surface area contributed by atoms with Gasteiger partial charge in [0, 0.05) is 33.1 Å². The molecule has 2 nitrogen and oxygen atoms in total. The molecule has 1 aliphatic heterocycles. The van der Waals surface area contributed by atoms with Gasteiger partial charge in [0.2, 0.25) is 0 Å². The van der Waals surface area contributed by atoms with Crippen LogP contribution in [0.25, 0.3) is 0 Å². The predicted molar refractivity (Wildman–Crippen MR) is 84.4 cm³/mol. The van der Waals surface area contributed by atoms with Crippen LogP contribution in [0.5, 0.6) is 0 Å².